The molecule has 0 aromatic heterocycles. The lowest BCUT2D eigenvalue weighted by atomic mass is 10.2. The number of hydrogen-bond donors (Lipinski definition) is 1. The first kappa shape index (κ1) is 27.7. The van der Waals surface area contributed by atoms with E-state index in [2.05, 4.69) is 10.1 Å². The van der Waals surface area contributed by atoms with Crippen LogP contribution in [-0.4, -0.2) is 54.8 Å². The van der Waals surface area contributed by atoms with E-state index in [4.69, 9.17) is 21.1 Å². The van der Waals surface area contributed by atoms with Gasteiger partial charge in [-0.3, -0.25) is 19.3 Å². The Hall–Kier alpha value is -4.28. The lowest BCUT2D eigenvalue weighted by molar-refractivity contribution is -0.127. The van der Waals surface area contributed by atoms with Gasteiger partial charge >= 0.3 is 5.97 Å². The average Bonchev–Trinajstić information content (AvgIpc) is 3.20. The molecular weight excluding hydrogens is 544 g/mol. The van der Waals surface area contributed by atoms with Gasteiger partial charge in [-0.05, 0) is 54.2 Å². The molecule has 0 atom stereocenters. The first-order chi connectivity index (χ1) is 18.9. The fourth-order valence-corrected chi connectivity index (χ4v) is 4.57. The van der Waals surface area contributed by atoms with Crippen LogP contribution in [0.15, 0.2) is 77.7 Å². The summed E-state index contributed by atoms with van der Waals surface area (Å²) < 4.78 is 16.1. The van der Waals surface area contributed by atoms with Gasteiger partial charge in [0, 0.05) is 11.3 Å². The van der Waals surface area contributed by atoms with Crippen molar-refractivity contribution >= 4 is 58.1 Å². The Balaban J connectivity index is 1.38. The molecule has 1 N–H and O–H groups in total. The molecule has 0 bridgehead atoms. The number of methoxy groups -OCH3 is 1. The van der Waals surface area contributed by atoms with E-state index in [9.17, 15) is 19.2 Å². The molecule has 3 amide bonds. The first-order valence-electron chi connectivity index (χ1n) is 11.7. The van der Waals surface area contributed by atoms with Crippen molar-refractivity contribution in [3.8, 4) is 11.5 Å². The number of hydrogen-bond acceptors (Lipinski definition) is 8. The SMILES string of the molecule is COC(=O)c1cc(NC(=O)CN2C(=O)S/C(=C/c3ccccc3OCCOc3ccccc3)C2=O)ccc1Cl. The standard InChI is InChI=1S/C28H23ClN2O7S/c1-36-27(34)21-16-19(11-12-22(21)29)30-25(32)17-31-26(33)24(39-28(31)35)15-18-7-5-6-10-23(18)38-14-13-37-20-8-3-2-4-9-20/h2-12,15-16H,13-14,17H2,1H3,(H,30,32)/b24-15+. The summed E-state index contributed by atoms with van der Waals surface area (Å²) >= 11 is 6.73. The van der Waals surface area contributed by atoms with Crippen LogP contribution in [0, 0.1) is 0 Å². The van der Waals surface area contributed by atoms with Crippen LogP contribution in [0.4, 0.5) is 10.5 Å². The van der Waals surface area contributed by atoms with Crippen molar-refractivity contribution in [2.45, 2.75) is 0 Å². The minimum atomic E-state index is -0.667. The monoisotopic (exact) mass is 566 g/mol. The number of rotatable bonds is 10. The summed E-state index contributed by atoms with van der Waals surface area (Å²) in [7, 11) is 1.21. The number of para-hydroxylation sites is 2. The number of benzene rings is 3. The normalized spacial score (nSPS) is 13.9. The van der Waals surface area contributed by atoms with E-state index in [1.807, 2.05) is 30.3 Å². The van der Waals surface area contributed by atoms with Crippen molar-refractivity contribution in [1.29, 1.82) is 0 Å². The summed E-state index contributed by atoms with van der Waals surface area (Å²) in [5.74, 6) is -0.650. The van der Waals surface area contributed by atoms with Gasteiger partial charge in [0.2, 0.25) is 5.91 Å². The van der Waals surface area contributed by atoms with Gasteiger partial charge in [0.25, 0.3) is 11.1 Å². The minimum absolute atomic E-state index is 0.0681. The highest BCUT2D eigenvalue weighted by Crippen LogP contribution is 2.34. The van der Waals surface area contributed by atoms with Gasteiger partial charge in [-0.2, -0.15) is 0 Å². The maximum Gasteiger partial charge on any atom is 0.339 e. The summed E-state index contributed by atoms with van der Waals surface area (Å²) in [6.45, 7) is 0.0790. The molecule has 1 heterocycles. The summed E-state index contributed by atoms with van der Waals surface area (Å²) in [6.07, 6.45) is 1.55. The van der Waals surface area contributed by atoms with E-state index in [-0.39, 0.29) is 27.8 Å². The van der Waals surface area contributed by atoms with Gasteiger partial charge in [-0.25, -0.2) is 4.79 Å². The van der Waals surface area contributed by atoms with Crippen LogP contribution < -0.4 is 14.8 Å². The molecule has 9 nitrogen and oxygen atoms in total. The number of esters is 1. The predicted molar refractivity (Wildman–Crippen MR) is 148 cm³/mol. The molecule has 1 aliphatic heterocycles. The Morgan fingerprint density at radius 2 is 1.69 bits per heavy atom. The molecule has 3 aromatic carbocycles. The molecule has 1 fully saturated rings. The fourth-order valence-electron chi connectivity index (χ4n) is 3.55. The Kier molecular flexibility index (Phi) is 9.24. The zero-order valence-corrected chi connectivity index (χ0v) is 22.3. The molecule has 0 radical (unpaired) electrons. The number of thioether (sulfide) groups is 1. The molecule has 3 aromatic rings. The third-order valence-electron chi connectivity index (χ3n) is 5.39. The van der Waals surface area contributed by atoms with Crippen molar-refractivity contribution in [3.05, 3.63) is 93.9 Å². The quantitative estimate of drug-likeness (QED) is 0.201. The fraction of sp³-hybridized carbons (Fsp3) is 0.143. The third-order valence-corrected chi connectivity index (χ3v) is 6.63. The number of anilines is 1. The van der Waals surface area contributed by atoms with Gasteiger partial charge in [-0.15, -0.1) is 0 Å². The molecule has 11 heteroatoms. The highest BCUT2D eigenvalue weighted by atomic mass is 35.5. The Labute approximate surface area is 233 Å². The van der Waals surface area contributed by atoms with Crippen LogP contribution in [0.2, 0.25) is 5.02 Å². The van der Waals surface area contributed by atoms with Crippen molar-refractivity contribution in [2.24, 2.45) is 0 Å². The van der Waals surface area contributed by atoms with Crippen molar-refractivity contribution < 1.29 is 33.4 Å². The van der Waals surface area contributed by atoms with Crippen molar-refractivity contribution in [1.82, 2.24) is 4.90 Å². The van der Waals surface area contributed by atoms with Gasteiger partial charge in [0.1, 0.15) is 31.3 Å². The zero-order chi connectivity index (χ0) is 27.8. The molecule has 39 heavy (non-hydrogen) atoms. The van der Waals surface area contributed by atoms with Gasteiger partial charge < -0.3 is 19.5 Å². The average molecular weight is 567 g/mol. The summed E-state index contributed by atoms with van der Waals surface area (Å²) in [4.78, 5) is 51.0. The Bertz CT molecular complexity index is 1430. The van der Waals surface area contributed by atoms with Gasteiger partial charge in [0.05, 0.1) is 22.6 Å². The first-order valence-corrected chi connectivity index (χ1v) is 12.9. The molecule has 4 rings (SSSR count). The number of ether oxygens (including phenoxy) is 3. The topological polar surface area (TPSA) is 111 Å². The van der Waals surface area contributed by atoms with Gasteiger partial charge in [0.15, 0.2) is 0 Å². The van der Waals surface area contributed by atoms with E-state index in [0.29, 0.717) is 17.9 Å². The Morgan fingerprint density at radius 3 is 2.46 bits per heavy atom. The van der Waals surface area contributed by atoms with Crippen LogP contribution in [0.3, 0.4) is 0 Å². The number of carbonyl (C=O) groups excluding carboxylic acids is 4. The van der Waals surface area contributed by atoms with Crippen molar-refractivity contribution in [2.75, 3.05) is 32.2 Å². The number of nitrogens with one attached hydrogen (secondary N) is 1. The van der Waals surface area contributed by atoms with E-state index in [1.165, 1.54) is 25.3 Å². The van der Waals surface area contributed by atoms with Gasteiger partial charge in [-0.1, -0.05) is 48.0 Å². The second-order valence-corrected chi connectivity index (χ2v) is 9.45. The lowest BCUT2D eigenvalue weighted by Crippen LogP contribution is -2.36. The third kappa shape index (κ3) is 7.18. The second kappa shape index (κ2) is 13.0. The summed E-state index contributed by atoms with van der Waals surface area (Å²) in [6, 6.07) is 20.7. The Morgan fingerprint density at radius 1 is 0.974 bits per heavy atom. The molecule has 0 unspecified atom stereocenters. The molecule has 0 spiro atoms. The molecule has 1 aliphatic rings. The van der Waals surface area contributed by atoms with Crippen LogP contribution in [0.5, 0.6) is 11.5 Å². The summed E-state index contributed by atoms with van der Waals surface area (Å²) in [5, 5.41) is 2.13. The smallest absolute Gasteiger partial charge is 0.339 e. The lowest BCUT2D eigenvalue weighted by Gasteiger charge is -2.13. The second-order valence-electron chi connectivity index (χ2n) is 8.05. The maximum absolute atomic E-state index is 13.0. The molecule has 0 saturated carbocycles. The summed E-state index contributed by atoms with van der Waals surface area (Å²) in [5.41, 5.74) is 0.928. The van der Waals surface area contributed by atoms with E-state index < -0.39 is 29.6 Å². The van der Waals surface area contributed by atoms with E-state index in [1.54, 1.807) is 30.3 Å². The highest BCUT2D eigenvalue weighted by Gasteiger charge is 2.36. The number of imide groups is 1. The van der Waals surface area contributed by atoms with Crippen LogP contribution in [0.1, 0.15) is 15.9 Å². The zero-order valence-electron chi connectivity index (χ0n) is 20.7. The molecule has 0 aliphatic carbocycles. The highest BCUT2D eigenvalue weighted by molar-refractivity contribution is 8.18. The largest absolute Gasteiger partial charge is 0.490 e. The number of nitrogens with zero attached hydrogens (tertiary/aromatic N) is 1. The maximum atomic E-state index is 13.0. The molecule has 1 saturated heterocycles. The number of halogens is 1. The van der Waals surface area contributed by atoms with Crippen LogP contribution >= 0.6 is 23.4 Å². The van der Waals surface area contributed by atoms with Crippen molar-refractivity contribution in [3.63, 3.8) is 0 Å². The predicted octanol–water partition coefficient (Wildman–Crippen LogP) is 5.26. The van der Waals surface area contributed by atoms with Crippen LogP contribution in [0.25, 0.3) is 6.08 Å². The number of carbonyl (C=O) groups is 4. The number of amides is 3. The van der Waals surface area contributed by atoms with Crippen LogP contribution in [-0.2, 0) is 14.3 Å². The minimum Gasteiger partial charge on any atom is -0.490 e. The molecular formula is C28H23ClN2O7S. The molecule has 200 valence electrons. The van der Waals surface area contributed by atoms with E-state index >= 15 is 0 Å². The van der Waals surface area contributed by atoms with E-state index in [0.717, 1.165) is 22.4 Å².